The first-order valence-electron chi connectivity index (χ1n) is 5.89. The number of thiazole rings is 1. The highest BCUT2D eigenvalue weighted by Crippen LogP contribution is 2.25. The Morgan fingerprint density at radius 3 is 3.11 bits per heavy atom. The van der Waals surface area contributed by atoms with Gasteiger partial charge in [-0.25, -0.2) is 18.1 Å². The van der Waals surface area contributed by atoms with E-state index < -0.39 is 10.0 Å². The maximum Gasteiger partial charge on any atom is 0.240 e. The van der Waals surface area contributed by atoms with Gasteiger partial charge in [0.15, 0.2) is 0 Å². The predicted molar refractivity (Wildman–Crippen MR) is 74.8 cm³/mol. The van der Waals surface area contributed by atoms with Gasteiger partial charge >= 0.3 is 0 Å². The lowest BCUT2D eigenvalue weighted by Gasteiger charge is -2.07. The molecule has 0 fully saturated rings. The average Bonchev–Trinajstić information content (AvgIpc) is 3.06. The number of nitrogens with one attached hydrogen (secondary N) is 2. The van der Waals surface area contributed by atoms with Crippen molar-refractivity contribution in [2.75, 3.05) is 11.9 Å². The monoisotopic (exact) mass is 295 g/mol. The Hall–Kier alpha value is -1.44. The van der Waals surface area contributed by atoms with Crippen LogP contribution in [0.3, 0.4) is 0 Å². The van der Waals surface area contributed by atoms with Crippen LogP contribution in [0.15, 0.2) is 34.0 Å². The van der Waals surface area contributed by atoms with Gasteiger partial charge < -0.3 is 5.32 Å². The summed E-state index contributed by atoms with van der Waals surface area (Å²) in [5, 5.41) is 5.04. The fourth-order valence-electron chi connectivity index (χ4n) is 2.03. The average molecular weight is 295 g/mol. The fraction of sp³-hybridized carbons (Fsp3) is 0.250. The second-order valence-corrected chi connectivity index (χ2v) is 6.79. The van der Waals surface area contributed by atoms with Crippen LogP contribution in [-0.2, 0) is 23.0 Å². The Morgan fingerprint density at radius 2 is 2.32 bits per heavy atom. The largest absolute Gasteiger partial charge is 0.384 e. The van der Waals surface area contributed by atoms with E-state index in [1.807, 2.05) is 11.4 Å². The summed E-state index contributed by atoms with van der Waals surface area (Å²) in [5.74, 6) is 0. The molecule has 1 aromatic carbocycles. The molecule has 0 saturated carbocycles. The van der Waals surface area contributed by atoms with Crippen molar-refractivity contribution in [3.63, 3.8) is 0 Å². The van der Waals surface area contributed by atoms with Crippen molar-refractivity contribution in [1.29, 1.82) is 0 Å². The van der Waals surface area contributed by atoms with Crippen LogP contribution in [-0.4, -0.2) is 19.9 Å². The fourth-order valence-corrected chi connectivity index (χ4v) is 3.63. The quantitative estimate of drug-likeness (QED) is 0.898. The first-order valence-corrected chi connectivity index (χ1v) is 8.31. The second-order valence-electron chi connectivity index (χ2n) is 4.30. The number of fused-ring (bicyclic) bond motifs is 1. The summed E-state index contributed by atoms with van der Waals surface area (Å²) in [6.45, 7) is 1.09. The van der Waals surface area contributed by atoms with Crippen molar-refractivity contribution in [1.82, 2.24) is 9.71 Å². The molecule has 0 saturated heterocycles. The van der Waals surface area contributed by atoms with Crippen LogP contribution in [0, 0.1) is 0 Å². The summed E-state index contributed by atoms with van der Waals surface area (Å²) in [6.07, 6.45) is 0.866. The van der Waals surface area contributed by atoms with Crippen LogP contribution in [0.4, 0.5) is 5.69 Å². The zero-order chi connectivity index (χ0) is 13.3. The molecule has 1 aliphatic heterocycles. The normalized spacial score (nSPS) is 14.1. The smallest absolute Gasteiger partial charge is 0.240 e. The van der Waals surface area contributed by atoms with E-state index in [4.69, 9.17) is 0 Å². The Bertz CT molecular complexity index is 681. The molecule has 19 heavy (non-hydrogen) atoms. The molecule has 7 heteroatoms. The van der Waals surface area contributed by atoms with Crippen LogP contribution in [0.5, 0.6) is 0 Å². The molecule has 2 heterocycles. The molecule has 3 rings (SSSR count). The van der Waals surface area contributed by atoms with Crippen molar-refractivity contribution in [2.45, 2.75) is 17.9 Å². The number of benzene rings is 1. The van der Waals surface area contributed by atoms with Crippen molar-refractivity contribution in [2.24, 2.45) is 0 Å². The van der Waals surface area contributed by atoms with Crippen LogP contribution >= 0.6 is 11.3 Å². The van der Waals surface area contributed by atoms with Gasteiger partial charge in [-0.05, 0) is 30.2 Å². The Morgan fingerprint density at radius 1 is 1.42 bits per heavy atom. The molecule has 0 radical (unpaired) electrons. The first-order chi connectivity index (χ1) is 9.15. The molecule has 2 aromatic rings. The van der Waals surface area contributed by atoms with E-state index >= 15 is 0 Å². The van der Waals surface area contributed by atoms with Gasteiger partial charge in [-0.15, -0.1) is 11.3 Å². The van der Waals surface area contributed by atoms with Crippen LogP contribution < -0.4 is 10.0 Å². The van der Waals surface area contributed by atoms with E-state index in [0.717, 1.165) is 29.9 Å². The molecule has 0 spiro atoms. The van der Waals surface area contributed by atoms with Crippen molar-refractivity contribution in [3.05, 3.63) is 40.3 Å². The first kappa shape index (κ1) is 12.6. The van der Waals surface area contributed by atoms with Gasteiger partial charge in [0.05, 0.1) is 22.6 Å². The zero-order valence-electron chi connectivity index (χ0n) is 10.1. The third-order valence-electron chi connectivity index (χ3n) is 3.02. The maximum absolute atomic E-state index is 12.2. The van der Waals surface area contributed by atoms with Crippen molar-refractivity contribution >= 4 is 27.0 Å². The highest BCUT2D eigenvalue weighted by atomic mass is 32.2. The van der Waals surface area contributed by atoms with Gasteiger partial charge in [0.2, 0.25) is 10.0 Å². The molecule has 5 nitrogen and oxygen atoms in total. The standard InChI is InChI=1S/C12H13N3O2S2/c16-19(17,15-6-10-7-18-8-14-10)11-1-2-12-9(5-11)3-4-13-12/h1-2,5,7-8,13,15H,3-4,6H2. The molecule has 0 bridgehead atoms. The number of hydrogen-bond acceptors (Lipinski definition) is 5. The number of aromatic nitrogens is 1. The third kappa shape index (κ3) is 2.63. The summed E-state index contributed by atoms with van der Waals surface area (Å²) in [4.78, 5) is 4.36. The summed E-state index contributed by atoms with van der Waals surface area (Å²) < 4.78 is 26.9. The molecule has 0 amide bonds. The zero-order valence-corrected chi connectivity index (χ0v) is 11.7. The number of rotatable bonds is 4. The summed E-state index contributed by atoms with van der Waals surface area (Å²) in [6, 6.07) is 5.18. The Balaban J connectivity index is 1.80. The molecule has 2 N–H and O–H groups in total. The number of nitrogens with zero attached hydrogens (tertiary/aromatic N) is 1. The van der Waals surface area contributed by atoms with E-state index in [2.05, 4.69) is 15.0 Å². The molecule has 0 unspecified atom stereocenters. The molecular weight excluding hydrogens is 282 g/mol. The van der Waals surface area contributed by atoms with Gasteiger partial charge in [0, 0.05) is 17.6 Å². The lowest BCUT2D eigenvalue weighted by Crippen LogP contribution is -2.23. The molecule has 0 atom stereocenters. The van der Waals surface area contributed by atoms with E-state index in [0.29, 0.717) is 4.90 Å². The lowest BCUT2D eigenvalue weighted by atomic mass is 10.2. The molecule has 1 aliphatic rings. The molecule has 100 valence electrons. The predicted octanol–water partition coefficient (Wildman–Crippen LogP) is 1.59. The van der Waals surface area contributed by atoms with Crippen molar-refractivity contribution < 1.29 is 8.42 Å². The minimum atomic E-state index is -3.47. The summed E-state index contributed by atoms with van der Waals surface area (Å²) in [5.41, 5.74) is 4.50. The topological polar surface area (TPSA) is 71.1 Å². The van der Waals surface area contributed by atoms with Crippen LogP contribution in [0.1, 0.15) is 11.3 Å². The molecule has 0 aliphatic carbocycles. The van der Waals surface area contributed by atoms with Crippen LogP contribution in [0.25, 0.3) is 0 Å². The molecule has 1 aromatic heterocycles. The highest BCUT2D eigenvalue weighted by molar-refractivity contribution is 7.89. The highest BCUT2D eigenvalue weighted by Gasteiger charge is 2.18. The summed E-state index contributed by atoms with van der Waals surface area (Å²) >= 11 is 1.45. The van der Waals surface area contributed by atoms with E-state index in [1.165, 1.54) is 11.3 Å². The Kier molecular flexibility index (Phi) is 3.26. The van der Waals surface area contributed by atoms with Crippen LogP contribution in [0.2, 0.25) is 0 Å². The third-order valence-corrected chi connectivity index (χ3v) is 5.06. The number of sulfonamides is 1. The maximum atomic E-state index is 12.2. The van der Waals surface area contributed by atoms with Gasteiger partial charge in [0.25, 0.3) is 0 Å². The van der Waals surface area contributed by atoms with Gasteiger partial charge in [0.1, 0.15) is 0 Å². The molecular formula is C12H13N3O2S2. The van der Waals surface area contributed by atoms with Gasteiger partial charge in [-0.2, -0.15) is 0 Å². The summed E-state index contributed by atoms with van der Waals surface area (Å²) in [7, 11) is -3.47. The Labute approximate surface area is 115 Å². The minimum Gasteiger partial charge on any atom is -0.384 e. The second kappa shape index (κ2) is 4.92. The SMILES string of the molecule is O=S(=O)(NCc1cscn1)c1ccc2c(c1)CCN2. The number of hydrogen-bond donors (Lipinski definition) is 2. The van der Waals surface area contributed by atoms with E-state index in [1.54, 1.807) is 17.6 Å². The number of anilines is 1. The van der Waals surface area contributed by atoms with Crippen molar-refractivity contribution in [3.8, 4) is 0 Å². The van der Waals surface area contributed by atoms with Gasteiger partial charge in [-0.1, -0.05) is 0 Å². The van der Waals surface area contributed by atoms with E-state index in [9.17, 15) is 8.42 Å². The lowest BCUT2D eigenvalue weighted by molar-refractivity contribution is 0.580. The minimum absolute atomic E-state index is 0.223. The van der Waals surface area contributed by atoms with E-state index in [-0.39, 0.29) is 6.54 Å². The van der Waals surface area contributed by atoms with Gasteiger partial charge in [-0.3, -0.25) is 0 Å².